The number of oxazole rings is 1. The lowest BCUT2D eigenvalue weighted by molar-refractivity contribution is -0.141. The van der Waals surface area contributed by atoms with Crippen molar-refractivity contribution in [2.24, 2.45) is 0 Å². The van der Waals surface area contributed by atoms with E-state index in [2.05, 4.69) is 15.4 Å². The summed E-state index contributed by atoms with van der Waals surface area (Å²) < 4.78 is 92.0. The average Bonchev–Trinajstić information content (AvgIpc) is 3.38. The summed E-state index contributed by atoms with van der Waals surface area (Å²) in [7, 11) is 0. The molecule has 35 heavy (non-hydrogen) atoms. The van der Waals surface area contributed by atoms with Crippen molar-refractivity contribution in [3.05, 3.63) is 41.7 Å². The Morgan fingerprint density at radius 2 is 1.91 bits per heavy atom. The third-order valence-corrected chi connectivity index (χ3v) is 5.85. The van der Waals surface area contributed by atoms with Gasteiger partial charge in [-0.1, -0.05) is 0 Å². The van der Waals surface area contributed by atoms with Gasteiger partial charge in [-0.2, -0.15) is 31.4 Å². The van der Waals surface area contributed by atoms with Crippen molar-refractivity contribution < 1.29 is 40.6 Å². The van der Waals surface area contributed by atoms with E-state index < -0.39 is 41.1 Å². The van der Waals surface area contributed by atoms with E-state index in [-0.39, 0.29) is 48.2 Å². The Morgan fingerprint density at radius 1 is 1.20 bits per heavy atom. The molecule has 1 aliphatic rings. The topological polar surface area (TPSA) is 85.3 Å². The molecule has 4 rings (SSSR count). The highest BCUT2D eigenvalue weighted by molar-refractivity contribution is 5.84. The average molecular weight is 506 g/mol. The van der Waals surface area contributed by atoms with E-state index in [1.807, 2.05) is 0 Å². The maximum atomic E-state index is 13.8. The second-order valence-corrected chi connectivity index (χ2v) is 9.14. The van der Waals surface area contributed by atoms with Gasteiger partial charge in [0.1, 0.15) is 24.2 Å². The molecule has 192 valence electrons. The molecular formula is C22H24F6N4O3. The Balaban J connectivity index is 1.56. The van der Waals surface area contributed by atoms with Gasteiger partial charge in [0.15, 0.2) is 5.69 Å². The standard InChI is InChI=1S/C22H24F6N4O3/c1-11(2)32-18-13(8-29-32)4-15(5-16(18)21(23,24)25)34-9-14-7-20(33,6-12(3)30-14)19-31-17(10-35-19)22(26,27)28/h4-5,8,10-12,14,30,33H,6-7,9H2,1-3H3/t12-,14-,20-/m0/s1. The number of rotatable bonds is 5. The van der Waals surface area contributed by atoms with E-state index in [0.717, 1.165) is 6.07 Å². The fourth-order valence-electron chi connectivity index (χ4n) is 4.47. The summed E-state index contributed by atoms with van der Waals surface area (Å²) in [4.78, 5) is 3.41. The van der Waals surface area contributed by atoms with Crippen LogP contribution in [0.5, 0.6) is 5.75 Å². The van der Waals surface area contributed by atoms with E-state index in [4.69, 9.17) is 9.15 Å². The van der Waals surface area contributed by atoms with Crippen LogP contribution < -0.4 is 10.1 Å². The molecule has 0 radical (unpaired) electrons. The molecule has 3 heterocycles. The highest BCUT2D eigenvalue weighted by atomic mass is 19.4. The van der Waals surface area contributed by atoms with E-state index in [9.17, 15) is 31.4 Å². The van der Waals surface area contributed by atoms with Crippen LogP contribution in [-0.4, -0.2) is 38.6 Å². The van der Waals surface area contributed by atoms with Gasteiger partial charge >= 0.3 is 12.4 Å². The first-order chi connectivity index (χ1) is 16.2. The van der Waals surface area contributed by atoms with Crippen LogP contribution >= 0.6 is 0 Å². The molecule has 1 aliphatic heterocycles. The number of hydrogen-bond donors (Lipinski definition) is 2. The van der Waals surface area contributed by atoms with Gasteiger partial charge in [0.2, 0.25) is 5.89 Å². The number of nitrogens with one attached hydrogen (secondary N) is 1. The Hall–Kier alpha value is -2.80. The van der Waals surface area contributed by atoms with Crippen LogP contribution in [-0.2, 0) is 18.0 Å². The smallest absolute Gasteiger partial charge is 0.436 e. The fraction of sp³-hybridized carbons (Fsp3) is 0.545. The Kier molecular flexibility index (Phi) is 6.29. The second-order valence-electron chi connectivity index (χ2n) is 9.14. The number of piperidine rings is 1. The molecule has 0 aliphatic carbocycles. The van der Waals surface area contributed by atoms with Crippen molar-refractivity contribution in [3.63, 3.8) is 0 Å². The van der Waals surface area contributed by atoms with Gasteiger partial charge in [-0.25, -0.2) is 4.98 Å². The summed E-state index contributed by atoms with van der Waals surface area (Å²) in [6, 6.07) is 1.08. The van der Waals surface area contributed by atoms with E-state index >= 15 is 0 Å². The molecular weight excluding hydrogens is 482 g/mol. The van der Waals surface area contributed by atoms with Crippen LogP contribution in [0.15, 0.2) is 29.0 Å². The summed E-state index contributed by atoms with van der Waals surface area (Å²) in [5.41, 5.74) is -4.00. The van der Waals surface area contributed by atoms with Crippen LogP contribution in [0.2, 0.25) is 0 Å². The molecule has 1 fully saturated rings. The largest absolute Gasteiger partial charge is 0.492 e. The molecule has 2 N–H and O–H groups in total. The lowest BCUT2D eigenvalue weighted by Gasteiger charge is -2.38. The normalized spacial score (nSPS) is 23.9. The van der Waals surface area contributed by atoms with Gasteiger partial charge in [-0.3, -0.25) is 4.68 Å². The molecule has 0 unspecified atom stereocenters. The highest BCUT2D eigenvalue weighted by Gasteiger charge is 2.45. The lowest BCUT2D eigenvalue weighted by Crippen LogP contribution is -2.53. The molecule has 1 saturated heterocycles. The molecule has 0 amide bonds. The Bertz CT molecular complexity index is 1200. The summed E-state index contributed by atoms with van der Waals surface area (Å²) in [6.45, 7) is 5.00. The van der Waals surface area contributed by atoms with E-state index in [1.165, 1.54) is 16.9 Å². The summed E-state index contributed by atoms with van der Waals surface area (Å²) >= 11 is 0. The quantitative estimate of drug-likeness (QED) is 0.471. The van der Waals surface area contributed by atoms with Crippen molar-refractivity contribution in [2.75, 3.05) is 6.61 Å². The minimum absolute atomic E-state index is 0.0277. The van der Waals surface area contributed by atoms with Crippen molar-refractivity contribution in [2.45, 2.75) is 69.7 Å². The minimum Gasteiger partial charge on any atom is -0.492 e. The zero-order valence-electron chi connectivity index (χ0n) is 19.0. The number of aromatic nitrogens is 3. The first-order valence-electron chi connectivity index (χ1n) is 10.9. The lowest BCUT2D eigenvalue weighted by atomic mass is 9.84. The second kappa shape index (κ2) is 8.70. The van der Waals surface area contributed by atoms with Crippen molar-refractivity contribution in [3.8, 4) is 5.75 Å². The maximum absolute atomic E-state index is 13.8. The Labute approximate surface area is 196 Å². The van der Waals surface area contributed by atoms with Gasteiger partial charge < -0.3 is 19.6 Å². The summed E-state index contributed by atoms with van der Waals surface area (Å²) in [6.07, 6.45) is -7.69. The predicted octanol–water partition coefficient (Wildman–Crippen LogP) is 5.05. The number of nitrogens with zero attached hydrogens (tertiary/aromatic N) is 3. The van der Waals surface area contributed by atoms with Gasteiger partial charge in [0.05, 0.1) is 17.3 Å². The molecule has 3 aromatic rings. The van der Waals surface area contributed by atoms with Crippen molar-refractivity contribution in [1.29, 1.82) is 0 Å². The number of aliphatic hydroxyl groups is 1. The van der Waals surface area contributed by atoms with Crippen molar-refractivity contribution >= 4 is 10.9 Å². The number of halogens is 6. The third-order valence-electron chi connectivity index (χ3n) is 5.85. The number of ether oxygens (including phenoxy) is 1. The third kappa shape index (κ3) is 5.10. The van der Waals surface area contributed by atoms with Crippen LogP contribution in [0.25, 0.3) is 10.9 Å². The molecule has 3 atom stereocenters. The molecule has 2 aromatic heterocycles. The summed E-state index contributed by atoms with van der Waals surface area (Å²) in [5.74, 6) is -0.516. The van der Waals surface area contributed by atoms with Gasteiger partial charge in [0, 0.05) is 36.4 Å². The zero-order chi connectivity index (χ0) is 25.8. The van der Waals surface area contributed by atoms with Crippen LogP contribution in [0.1, 0.15) is 56.8 Å². The fourth-order valence-corrected chi connectivity index (χ4v) is 4.47. The maximum Gasteiger partial charge on any atom is 0.436 e. The number of fused-ring (bicyclic) bond motifs is 1. The van der Waals surface area contributed by atoms with Gasteiger partial charge in [0.25, 0.3) is 0 Å². The number of alkyl halides is 6. The van der Waals surface area contributed by atoms with E-state index in [1.54, 1.807) is 20.8 Å². The SMILES string of the molecule is CC(C)n1ncc2cc(OC[C@@H]3C[C@](O)(c4nc(C(F)(F)F)co4)C[C@H](C)N3)cc(C(F)(F)F)c21. The number of benzene rings is 1. The first kappa shape index (κ1) is 25.3. The van der Waals surface area contributed by atoms with E-state index in [0.29, 0.717) is 6.26 Å². The minimum atomic E-state index is -4.72. The molecule has 1 aromatic carbocycles. The molecule has 0 saturated carbocycles. The van der Waals surface area contributed by atoms with Gasteiger partial charge in [-0.15, -0.1) is 0 Å². The van der Waals surface area contributed by atoms with Gasteiger partial charge in [-0.05, 0) is 32.9 Å². The van der Waals surface area contributed by atoms with Crippen LogP contribution in [0.3, 0.4) is 0 Å². The Morgan fingerprint density at radius 3 is 2.51 bits per heavy atom. The molecule has 0 spiro atoms. The van der Waals surface area contributed by atoms with Crippen molar-refractivity contribution in [1.82, 2.24) is 20.1 Å². The predicted molar refractivity (Wildman–Crippen MR) is 112 cm³/mol. The molecule has 13 heteroatoms. The number of hydrogen-bond acceptors (Lipinski definition) is 6. The summed E-state index contributed by atoms with van der Waals surface area (Å²) in [5, 5.41) is 18.5. The van der Waals surface area contributed by atoms with Crippen LogP contribution in [0, 0.1) is 0 Å². The monoisotopic (exact) mass is 506 g/mol. The van der Waals surface area contributed by atoms with Crippen LogP contribution in [0.4, 0.5) is 26.3 Å². The molecule has 7 nitrogen and oxygen atoms in total. The zero-order valence-corrected chi connectivity index (χ0v) is 19.0. The first-order valence-corrected chi connectivity index (χ1v) is 10.9. The highest BCUT2D eigenvalue weighted by Crippen LogP contribution is 2.40. The molecule has 0 bridgehead atoms.